The maximum atomic E-state index is 5.21. The van der Waals surface area contributed by atoms with E-state index in [2.05, 4.69) is 25.3 Å². The fraction of sp³-hybridized carbons (Fsp3) is 0.500. The summed E-state index contributed by atoms with van der Waals surface area (Å²) in [6, 6.07) is 0. The number of rotatable bonds is 2. The highest BCUT2D eigenvalue weighted by Crippen LogP contribution is 2.08. The van der Waals surface area contributed by atoms with Gasteiger partial charge in [0.25, 0.3) is 0 Å². The van der Waals surface area contributed by atoms with Gasteiger partial charge in [-0.1, -0.05) is 0 Å². The number of nitrogens with two attached hydrogens (primary N) is 2. The molecule has 4 heteroatoms. The van der Waals surface area contributed by atoms with Crippen LogP contribution in [0.25, 0.3) is 0 Å². The summed E-state index contributed by atoms with van der Waals surface area (Å²) in [7, 11) is 0. The van der Waals surface area contributed by atoms with Crippen LogP contribution in [0.2, 0.25) is 0 Å². The van der Waals surface area contributed by atoms with Crippen LogP contribution in [0.5, 0.6) is 0 Å². The predicted octanol–water partition coefficient (Wildman–Crippen LogP) is -0.0250. The molecule has 4 N–H and O–H groups in total. The van der Waals surface area contributed by atoms with Crippen LogP contribution < -0.4 is 11.5 Å². The topological polar surface area (TPSA) is 52.0 Å². The van der Waals surface area contributed by atoms with Gasteiger partial charge in [0.15, 0.2) is 0 Å². The Bertz CT molecular complexity index is 88.2. The standard InChI is InChI=1S/C4H10N2S2/c5-1-3(7)4(8)2-6/h7-8H,1-2,5-6H2/b4-3-. The largest absolute Gasteiger partial charge is 0.326 e. The molecule has 0 atom stereocenters. The third-order valence-electron chi connectivity index (χ3n) is 0.720. The second kappa shape index (κ2) is 4.26. The fourth-order valence-corrected chi connectivity index (χ4v) is 0.418. The van der Waals surface area contributed by atoms with E-state index in [9.17, 15) is 0 Å². The van der Waals surface area contributed by atoms with Crippen molar-refractivity contribution in [2.75, 3.05) is 13.1 Å². The van der Waals surface area contributed by atoms with Crippen molar-refractivity contribution in [3.63, 3.8) is 0 Å². The highest BCUT2D eigenvalue weighted by Gasteiger charge is 1.91. The van der Waals surface area contributed by atoms with Crippen molar-refractivity contribution < 1.29 is 0 Å². The zero-order valence-electron chi connectivity index (χ0n) is 4.46. The van der Waals surface area contributed by atoms with Crippen molar-refractivity contribution in [1.29, 1.82) is 0 Å². The van der Waals surface area contributed by atoms with Gasteiger partial charge in [-0.2, -0.15) is 0 Å². The Labute approximate surface area is 60.1 Å². The molecule has 0 aliphatic heterocycles. The molecule has 0 aromatic carbocycles. The zero-order valence-corrected chi connectivity index (χ0v) is 6.25. The van der Waals surface area contributed by atoms with Gasteiger partial charge in [-0.15, -0.1) is 25.3 Å². The number of hydrogen-bond acceptors (Lipinski definition) is 4. The minimum absolute atomic E-state index is 0.416. The normalized spacial score (nSPS) is 13.5. The van der Waals surface area contributed by atoms with E-state index in [0.717, 1.165) is 9.81 Å². The average molecular weight is 150 g/mol. The first-order chi connectivity index (χ1) is 3.72. The quantitative estimate of drug-likeness (QED) is 0.418. The third-order valence-corrected chi connectivity index (χ3v) is 1.80. The van der Waals surface area contributed by atoms with E-state index in [1.54, 1.807) is 0 Å². The van der Waals surface area contributed by atoms with Crippen LogP contribution in [0.1, 0.15) is 0 Å². The van der Waals surface area contributed by atoms with Crippen LogP contribution in [0.15, 0.2) is 9.81 Å². The summed E-state index contributed by atoms with van der Waals surface area (Å²) >= 11 is 8.01. The summed E-state index contributed by atoms with van der Waals surface area (Å²) in [4.78, 5) is 1.52. The summed E-state index contributed by atoms with van der Waals surface area (Å²) < 4.78 is 0. The summed E-state index contributed by atoms with van der Waals surface area (Å²) in [5.41, 5.74) is 10.4. The molecule has 0 aromatic rings. The van der Waals surface area contributed by atoms with Gasteiger partial charge in [0.1, 0.15) is 0 Å². The molecule has 8 heavy (non-hydrogen) atoms. The minimum Gasteiger partial charge on any atom is -0.326 e. The molecule has 0 saturated carbocycles. The van der Waals surface area contributed by atoms with E-state index in [4.69, 9.17) is 11.5 Å². The SMILES string of the molecule is NC/C(S)=C(/S)CN. The van der Waals surface area contributed by atoms with E-state index in [1.165, 1.54) is 0 Å². The molecule has 0 aliphatic rings. The number of hydrogen-bond donors (Lipinski definition) is 4. The lowest BCUT2D eigenvalue weighted by molar-refractivity contribution is 1.17. The third kappa shape index (κ3) is 2.61. The Kier molecular flexibility index (Phi) is 4.45. The summed E-state index contributed by atoms with van der Waals surface area (Å²) in [5, 5.41) is 0. The molecule has 0 spiro atoms. The molecule has 0 aliphatic carbocycles. The van der Waals surface area contributed by atoms with Crippen LogP contribution in [0.3, 0.4) is 0 Å². The van der Waals surface area contributed by atoms with Gasteiger partial charge >= 0.3 is 0 Å². The van der Waals surface area contributed by atoms with Crippen LogP contribution >= 0.6 is 25.3 Å². The molecular weight excluding hydrogens is 140 g/mol. The second-order valence-electron chi connectivity index (χ2n) is 1.30. The van der Waals surface area contributed by atoms with Crippen LogP contribution in [0.4, 0.5) is 0 Å². The van der Waals surface area contributed by atoms with Crippen molar-refractivity contribution in [2.24, 2.45) is 11.5 Å². The Hall–Kier alpha value is 0.360. The molecule has 0 saturated heterocycles. The molecule has 2 nitrogen and oxygen atoms in total. The monoisotopic (exact) mass is 150 g/mol. The van der Waals surface area contributed by atoms with Gasteiger partial charge in [0, 0.05) is 22.9 Å². The van der Waals surface area contributed by atoms with E-state index < -0.39 is 0 Å². The van der Waals surface area contributed by atoms with E-state index >= 15 is 0 Å². The first-order valence-electron chi connectivity index (χ1n) is 2.22. The minimum atomic E-state index is 0.416. The molecule has 0 radical (unpaired) electrons. The summed E-state index contributed by atoms with van der Waals surface area (Å²) in [6.45, 7) is 0.832. The summed E-state index contributed by atoms with van der Waals surface area (Å²) in [6.07, 6.45) is 0. The molecule has 0 bridgehead atoms. The lowest BCUT2D eigenvalue weighted by Gasteiger charge is -1.97. The predicted molar refractivity (Wildman–Crippen MR) is 43.1 cm³/mol. The van der Waals surface area contributed by atoms with Crippen LogP contribution in [-0.2, 0) is 0 Å². The zero-order chi connectivity index (χ0) is 6.57. The molecular formula is C4H10N2S2. The lowest BCUT2D eigenvalue weighted by Crippen LogP contribution is -2.05. The molecule has 0 fully saturated rings. The van der Waals surface area contributed by atoms with E-state index in [0.29, 0.717) is 13.1 Å². The second-order valence-corrected chi connectivity index (χ2v) is 2.38. The van der Waals surface area contributed by atoms with Crippen LogP contribution in [0, 0.1) is 0 Å². The molecule has 0 aromatic heterocycles. The first kappa shape index (κ1) is 8.36. The van der Waals surface area contributed by atoms with Crippen molar-refractivity contribution >= 4 is 25.3 Å². The van der Waals surface area contributed by atoms with Crippen LogP contribution in [-0.4, -0.2) is 13.1 Å². The van der Waals surface area contributed by atoms with Gasteiger partial charge in [-0.05, 0) is 0 Å². The summed E-state index contributed by atoms with van der Waals surface area (Å²) in [5.74, 6) is 0. The molecule has 48 valence electrons. The van der Waals surface area contributed by atoms with Crippen molar-refractivity contribution in [3.8, 4) is 0 Å². The Balaban J connectivity index is 3.83. The van der Waals surface area contributed by atoms with Crippen molar-refractivity contribution in [2.45, 2.75) is 0 Å². The number of thiol groups is 2. The molecule has 0 amide bonds. The van der Waals surface area contributed by atoms with Gasteiger partial charge in [-0.25, -0.2) is 0 Å². The Morgan fingerprint density at radius 1 is 1.00 bits per heavy atom. The maximum absolute atomic E-state index is 5.21. The molecule has 0 rings (SSSR count). The molecule has 0 unspecified atom stereocenters. The van der Waals surface area contributed by atoms with Gasteiger partial charge in [0.05, 0.1) is 0 Å². The van der Waals surface area contributed by atoms with Gasteiger partial charge in [-0.3, -0.25) is 0 Å². The van der Waals surface area contributed by atoms with Gasteiger partial charge < -0.3 is 11.5 Å². The van der Waals surface area contributed by atoms with Gasteiger partial charge in [0.2, 0.25) is 0 Å². The van der Waals surface area contributed by atoms with E-state index in [-0.39, 0.29) is 0 Å². The lowest BCUT2D eigenvalue weighted by atomic mass is 10.5. The Morgan fingerprint density at radius 2 is 1.25 bits per heavy atom. The fourth-order valence-electron chi connectivity index (χ4n) is 0.236. The maximum Gasteiger partial charge on any atom is 0.0244 e. The molecule has 0 heterocycles. The first-order valence-corrected chi connectivity index (χ1v) is 3.12. The highest BCUT2D eigenvalue weighted by atomic mass is 32.1. The van der Waals surface area contributed by atoms with Crippen molar-refractivity contribution in [1.82, 2.24) is 0 Å². The average Bonchev–Trinajstić information content (AvgIpc) is 1.84. The Morgan fingerprint density at radius 3 is 1.38 bits per heavy atom. The highest BCUT2D eigenvalue weighted by molar-refractivity contribution is 7.88. The van der Waals surface area contributed by atoms with Crippen molar-refractivity contribution in [3.05, 3.63) is 9.81 Å². The smallest absolute Gasteiger partial charge is 0.0244 e. The van der Waals surface area contributed by atoms with E-state index in [1.807, 2.05) is 0 Å².